The number of primary amides is 1. The molecule has 2 aromatic heterocycles. The van der Waals surface area contributed by atoms with Gasteiger partial charge in [0.1, 0.15) is 31.1 Å². The van der Waals surface area contributed by atoms with Gasteiger partial charge < -0.3 is 61.7 Å². The van der Waals surface area contributed by atoms with Gasteiger partial charge >= 0.3 is 32.4 Å². The van der Waals surface area contributed by atoms with Crippen molar-refractivity contribution in [3.63, 3.8) is 0 Å². The van der Waals surface area contributed by atoms with Crippen LogP contribution in [0.3, 0.4) is 0 Å². The molecule has 396 valence electrons. The molecule has 2 aromatic carbocycles. The summed E-state index contributed by atoms with van der Waals surface area (Å²) in [6.07, 6.45) is -0.440. The largest absolute Gasteiger partial charge is 0.473 e. The molecule has 2 aliphatic heterocycles. The summed E-state index contributed by atoms with van der Waals surface area (Å²) in [4.78, 5) is 117. The quantitative estimate of drug-likeness (QED) is 0.0168. The third-order valence-corrected chi connectivity index (χ3v) is 14.2. The first-order valence-electron chi connectivity index (χ1n) is 23.7. The van der Waals surface area contributed by atoms with Crippen LogP contribution in [0.15, 0.2) is 35.1 Å². The van der Waals surface area contributed by atoms with Crippen molar-refractivity contribution >= 4 is 66.7 Å². The fourth-order valence-electron chi connectivity index (χ4n) is 9.48. The van der Waals surface area contributed by atoms with Crippen LogP contribution in [-0.2, 0) is 85.4 Å². The Morgan fingerprint density at radius 2 is 1.82 bits per heavy atom. The molecule has 24 nitrogen and oxygen atoms in total. The molecule has 26 heteroatoms. The lowest BCUT2D eigenvalue weighted by atomic mass is 9.81. The lowest BCUT2D eigenvalue weighted by Crippen LogP contribution is -2.54. The number of phosphoric ester groups is 1. The van der Waals surface area contributed by atoms with Crippen molar-refractivity contribution in [1.82, 2.24) is 36.1 Å². The number of aliphatic hydroxyl groups is 1. The predicted molar refractivity (Wildman–Crippen MR) is 260 cm³/mol. The van der Waals surface area contributed by atoms with Gasteiger partial charge in [0.25, 0.3) is 5.56 Å². The van der Waals surface area contributed by atoms with Crippen molar-refractivity contribution in [3.05, 3.63) is 91.0 Å². The van der Waals surface area contributed by atoms with Crippen molar-refractivity contribution < 1.29 is 71.0 Å². The van der Waals surface area contributed by atoms with Crippen LogP contribution in [0.25, 0.3) is 22.3 Å². The SMILES string of the molecule is CC[C@@]1(O)C(=O)OCc2c1cc1n(c2=O)Cc2c-1nc1cc(F)c(C)c3c1c2[C@@H](NC(=O)COP(=O)(O)OCc1ccc(NC(=O)[C@H](CCCNC(N)=O)NC(=O)[C@@H](NC(=O)OC=O)C(C)C)cc1CNC)CC3. The first-order valence-corrected chi connectivity index (χ1v) is 25.1. The number of nitrogens with zero attached hydrogens (tertiary/aromatic N) is 2. The number of urea groups is 1. The maximum absolute atomic E-state index is 15.4. The summed E-state index contributed by atoms with van der Waals surface area (Å²) in [7, 11) is -3.30. The number of carbonyl (C=O) groups excluding carboxylic acids is 7. The number of esters is 1. The second-order valence-corrected chi connectivity index (χ2v) is 19.8. The molecule has 0 bridgehead atoms. The summed E-state index contributed by atoms with van der Waals surface area (Å²) in [6, 6.07) is 3.38. The van der Waals surface area contributed by atoms with Gasteiger partial charge in [0, 0.05) is 41.4 Å². The molecule has 7 rings (SSSR count). The smallest absolute Gasteiger partial charge is 0.458 e. The molecule has 3 aliphatic rings. The second-order valence-electron chi connectivity index (χ2n) is 18.4. The number of phosphoric acid groups is 1. The first kappa shape index (κ1) is 54.6. The molecule has 4 heterocycles. The average Bonchev–Trinajstić information content (AvgIpc) is 3.72. The van der Waals surface area contributed by atoms with E-state index in [9.17, 15) is 52.9 Å². The topological polar surface area (TPSA) is 347 Å². The van der Waals surface area contributed by atoms with E-state index in [1.807, 2.05) is 0 Å². The van der Waals surface area contributed by atoms with Gasteiger partial charge in [-0.05, 0) is 98.0 Å². The van der Waals surface area contributed by atoms with Gasteiger partial charge in [0.2, 0.25) is 17.7 Å². The van der Waals surface area contributed by atoms with E-state index in [2.05, 4.69) is 36.6 Å². The Hall–Kier alpha value is -7.15. The number of aryl methyl sites for hydroxylation is 1. The minimum atomic E-state index is -4.93. The number of anilines is 1. The highest BCUT2D eigenvalue weighted by Crippen LogP contribution is 2.47. The summed E-state index contributed by atoms with van der Waals surface area (Å²) in [5, 5.41) is 27.8. The Labute approximate surface area is 422 Å². The third-order valence-electron chi connectivity index (χ3n) is 13.3. The highest BCUT2D eigenvalue weighted by molar-refractivity contribution is 7.47. The Bertz CT molecular complexity index is 3060. The molecule has 10 N–H and O–H groups in total. The standard InChI is InChI=1S/C48H57FN9O15P/c1-6-48(67)31-15-36-41-29(18-58(36)44(63)30(31)20-70-45(48)64)39-33(12-11-28-24(4)32(49)16-35(55-41)38(28)39)54-37(60)21-73-74(68,69)72-19-25-9-10-27(14-26(25)17-51-5)53-42(61)34(8-7-13-52-46(50)65)56-43(62)40(23(2)3)57-47(66)71-22-59/h9-10,14-16,22-23,33-34,40,51,67H,6-8,11-13,17-21H2,1-5H3,(H,53,61)(H,54,60)(H,56,62)(H,57,66)(H,68,69)(H3,50,52,65)/t33-,34-,40-,48-/m0/s1. The van der Waals surface area contributed by atoms with E-state index < -0.39 is 97.9 Å². The maximum Gasteiger partial charge on any atom is 0.473 e. The molecule has 6 amide bonds. The minimum Gasteiger partial charge on any atom is -0.458 e. The number of halogens is 1. The maximum atomic E-state index is 15.4. The van der Waals surface area contributed by atoms with Crippen molar-refractivity contribution in [2.45, 2.75) is 110 Å². The number of nitrogens with two attached hydrogens (primary N) is 1. The van der Waals surface area contributed by atoms with Crippen LogP contribution < -0.4 is 43.2 Å². The zero-order valence-corrected chi connectivity index (χ0v) is 41.9. The number of carbonyl (C=O) groups is 7. The lowest BCUT2D eigenvalue weighted by Gasteiger charge is -2.31. The molecular weight excluding hydrogens is 993 g/mol. The lowest BCUT2D eigenvalue weighted by molar-refractivity contribution is -0.172. The fraction of sp³-hybridized carbons (Fsp3) is 0.438. The third kappa shape index (κ3) is 11.5. The van der Waals surface area contributed by atoms with Crippen LogP contribution in [0.5, 0.6) is 0 Å². The number of ether oxygens (including phenoxy) is 2. The average molecular weight is 1050 g/mol. The number of hydrogen-bond acceptors (Lipinski definition) is 16. The van der Waals surface area contributed by atoms with Crippen LogP contribution >= 0.6 is 7.82 Å². The van der Waals surface area contributed by atoms with Gasteiger partial charge in [-0.1, -0.05) is 26.8 Å². The highest BCUT2D eigenvalue weighted by Gasteiger charge is 2.46. The van der Waals surface area contributed by atoms with E-state index >= 15 is 4.39 Å². The molecule has 74 heavy (non-hydrogen) atoms. The number of rotatable bonds is 21. The second kappa shape index (κ2) is 22.5. The molecule has 0 spiro atoms. The molecule has 1 unspecified atom stereocenters. The van der Waals surface area contributed by atoms with Crippen molar-refractivity contribution in [2.24, 2.45) is 11.7 Å². The zero-order valence-electron chi connectivity index (χ0n) is 41.1. The molecule has 0 saturated heterocycles. The van der Waals surface area contributed by atoms with Crippen LogP contribution in [-0.4, -0.2) is 94.1 Å². The van der Waals surface area contributed by atoms with Crippen molar-refractivity contribution in [3.8, 4) is 11.4 Å². The monoisotopic (exact) mass is 1050 g/mol. The van der Waals surface area contributed by atoms with Gasteiger partial charge in [-0.2, -0.15) is 0 Å². The minimum absolute atomic E-state index is 0.00647. The van der Waals surface area contributed by atoms with E-state index in [0.717, 1.165) is 0 Å². The number of amides is 6. The van der Waals surface area contributed by atoms with E-state index in [4.69, 9.17) is 24.5 Å². The normalized spacial score (nSPS) is 17.9. The summed E-state index contributed by atoms with van der Waals surface area (Å²) in [6.45, 7) is 4.84. The van der Waals surface area contributed by atoms with Crippen LogP contribution in [0.4, 0.5) is 19.7 Å². The van der Waals surface area contributed by atoms with Gasteiger partial charge in [-0.25, -0.2) is 28.3 Å². The molecule has 5 atom stereocenters. The summed E-state index contributed by atoms with van der Waals surface area (Å²) < 4.78 is 50.1. The number of pyridine rings is 2. The molecule has 0 fully saturated rings. The molecule has 1 aliphatic carbocycles. The fourth-order valence-corrected chi connectivity index (χ4v) is 10.1. The van der Waals surface area contributed by atoms with E-state index in [1.165, 1.54) is 28.8 Å². The number of aromatic nitrogens is 2. The van der Waals surface area contributed by atoms with Crippen LogP contribution in [0.1, 0.15) is 97.0 Å². The number of hydrogen-bond donors (Lipinski definition) is 9. The Morgan fingerprint density at radius 1 is 1.07 bits per heavy atom. The highest BCUT2D eigenvalue weighted by atomic mass is 31.2. The zero-order chi connectivity index (χ0) is 53.8. The van der Waals surface area contributed by atoms with Crippen molar-refractivity contribution in [1.29, 1.82) is 0 Å². The van der Waals surface area contributed by atoms with Gasteiger partial charge in [0.05, 0.1) is 41.7 Å². The number of nitrogens with one attached hydrogen (secondary N) is 6. The molecular formula is C48H57FN9O15P. The Kier molecular flexibility index (Phi) is 16.6. The summed E-state index contributed by atoms with van der Waals surface area (Å²) >= 11 is 0. The van der Waals surface area contributed by atoms with Crippen LogP contribution in [0, 0.1) is 18.7 Å². The molecule has 4 aromatic rings. The van der Waals surface area contributed by atoms with Gasteiger partial charge in [0.15, 0.2) is 5.60 Å². The molecule has 0 saturated carbocycles. The van der Waals surface area contributed by atoms with E-state index in [0.29, 0.717) is 50.9 Å². The predicted octanol–water partition coefficient (Wildman–Crippen LogP) is 2.46. The Balaban J connectivity index is 1.04. The number of benzene rings is 2. The van der Waals surface area contributed by atoms with Crippen LogP contribution in [0.2, 0.25) is 0 Å². The van der Waals surface area contributed by atoms with Gasteiger partial charge in [-0.15, -0.1) is 0 Å². The summed E-state index contributed by atoms with van der Waals surface area (Å²) in [5.74, 6) is -4.14. The number of fused-ring (bicyclic) bond motifs is 5. The van der Waals surface area contributed by atoms with Crippen molar-refractivity contribution in [2.75, 3.05) is 25.5 Å². The Morgan fingerprint density at radius 3 is 2.51 bits per heavy atom. The van der Waals surface area contributed by atoms with E-state index in [1.54, 1.807) is 40.8 Å². The molecule has 0 radical (unpaired) electrons. The number of alkyl carbamates (subject to hydrolysis) is 1. The number of cyclic esters (lactones) is 1. The first-order chi connectivity index (χ1) is 35.1. The van der Waals surface area contributed by atoms with E-state index in [-0.39, 0.29) is 86.4 Å². The summed E-state index contributed by atoms with van der Waals surface area (Å²) in [5.41, 5.74) is 6.92. The van der Waals surface area contributed by atoms with Gasteiger partial charge in [-0.3, -0.25) is 33.0 Å².